The molecule has 0 saturated carbocycles. The van der Waals surface area contributed by atoms with Crippen LogP contribution < -0.4 is 9.47 Å². The minimum absolute atomic E-state index is 0.123. The topological polar surface area (TPSA) is 59.3 Å². The number of nitrogens with zero attached hydrogens (tertiary/aromatic N) is 1. The Morgan fingerprint density at radius 3 is 2.47 bits per heavy atom. The molecule has 1 aromatic rings. The summed E-state index contributed by atoms with van der Waals surface area (Å²) in [6.45, 7) is 1.43. The normalized spacial score (nSPS) is 11.4. The molecule has 0 N–H and O–H groups in total. The smallest absolute Gasteiger partial charge is 0.160 e. The lowest BCUT2D eigenvalue weighted by atomic mass is 9.97. The van der Waals surface area contributed by atoms with Gasteiger partial charge in [-0.15, -0.1) is 0 Å². The van der Waals surface area contributed by atoms with Gasteiger partial charge in [0.05, 0.1) is 20.3 Å². The van der Waals surface area contributed by atoms with Gasteiger partial charge in [0.25, 0.3) is 0 Å². The second kappa shape index (κ2) is 5.90. The number of carbonyl (C=O) groups is 1. The first-order valence-electron chi connectivity index (χ1n) is 5.23. The highest BCUT2D eigenvalue weighted by Crippen LogP contribution is 2.28. The summed E-state index contributed by atoms with van der Waals surface area (Å²) < 4.78 is 10.3. The van der Waals surface area contributed by atoms with Crippen molar-refractivity contribution < 1.29 is 14.3 Å². The van der Waals surface area contributed by atoms with E-state index in [1.807, 2.05) is 12.1 Å². The number of Topliss-reactive ketones (excluding diaryl/α,β-unsaturated/α-hetero) is 1. The van der Waals surface area contributed by atoms with Crippen LogP contribution in [0.5, 0.6) is 11.5 Å². The van der Waals surface area contributed by atoms with Crippen molar-refractivity contribution in [2.24, 2.45) is 5.92 Å². The summed E-state index contributed by atoms with van der Waals surface area (Å²) in [6, 6.07) is 7.37. The number of methoxy groups -OCH3 is 2. The highest BCUT2D eigenvalue weighted by atomic mass is 16.5. The first-order valence-corrected chi connectivity index (χ1v) is 5.23. The third-order valence-corrected chi connectivity index (χ3v) is 2.53. The predicted molar refractivity (Wildman–Crippen MR) is 63.0 cm³/mol. The Morgan fingerprint density at radius 1 is 1.35 bits per heavy atom. The van der Waals surface area contributed by atoms with Crippen LogP contribution in [0, 0.1) is 17.2 Å². The average molecular weight is 233 g/mol. The Balaban J connectivity index is 2.93. The fourth-order valence-electron chi connectivity index (χ4n) is 1.52. The van der Waals surface area contributed by atoms with Crippen molar-refractivity contribution in [2.45, 2.75) is 13.3 Å². The van der Waals surface area contributed by atoms with Gasteiger partial charge in [0, 0.05) is 0 Å². The summed E-state index contributed by atoms with van der Waals surface area (Å²) >= 11 is 0. The summed E-state index contributed by atoms with van der Waals surface area (Å²) in [7, 11) is 3.11. The van der Waals surface area contributed by atoms with E-state index in [0.717, 1.165) is 5.56 Å². The lowest BCUT2D eigenvalue weighted by Crippen LogP contribution is -2.11. The van der Waals surface area contributed by atoms with Gasteiger partial charge in [0.15, 0.2) is 11.5 Å². The van der Waals surface area contributed by atoms with E-state index in [1.54, 1.807) is 26.4 Å². The zero-order valence-electron chi connectivity index (χ0n) is 10.2. The highest BCUT2D eigenvalue weighted by molar-refractivity contribution is 5.81. The zero-order valence-corrected chi connectivity index (χ0v) is 10.2. The number of carbonyl (C=O) groups excluding carboxylic acids is 1. The molecule has 0 aromatic heterocycles. The van der Waals surface area contributed by atoms with Crippen LogP contribution in [-0.2, 0) is 11.2 Å². The molecule has 0 spiro atoms. The molecule has 0 radical (unpaired) electrons. The van der Waals surface area contributed by atoms with Gasteiger partial charge in [-0.05, 0) is 31.0 Å². The Hall–Kier alpha value is -2.02. The van der Waals surface area contributed by atoms with Gasteiger partial charge in [-0.3, -0.25) is 4.79 Å². The summed E-state index contributed by atoms with van der Waals surface area (Å²) in [5, 5.41) is 8.86. The number of ether oxygens (including phenoxy) is 2. The van der Waals surface area contributed by atoms with Gasteiger partial charge in [0.2, 0.25) is 0 Å². The van der Waals surface area contributed by atoms with E-state index >= 15 is 0 Å². The monoisotopic (exact) mass is 233 g/mol. The number of hydrogen-bond acceptors (Lipinski definition) is 4. The number of nitriles is 1. The molecule has 0 aliphatic rings. The average Bonchev–Trinajstić information content (AvgIpc) is 2.35. The quantitative estimate of drug-likeness (QED) is 0.780. The zero-order chi connectivity index (χ0) is 12.8. The first kappa shape index (κ1) is 13.0. The van der Waals surface area contributed by atoms with Crippen LogP contribution in [0.15, 0.2) is 18.2 Å². The van der Waals surface area contributed by atoms with Crippen LogP contribution in [0.3, 0.4) is 0 Å². The van der Waals surface area contributed by atoms with Gasteiger partial charge >= 0.3 is 0 Å². The van der Waals surface area contributed by atoms with E-state index in [4.69, 9.17) is 14.7 Å². The van der Waals surface area contributed by atoms with Gasteiger partial charge in [-0.2, -0.15) is 5.26 Å². The van der Waals surface area contributed by atoms with Crippen molar-refractivity contribution >= 4 is 5.78 Å². The lowest BCUT2D eigenvalue weighted by Gasteiger charge is -2.10. The molecule has 90 valence electrons. The Kier molecular flexibility index (Phi) is 4.53. The summed E-state index contributed by atoms with van der Waals surface area (Å²) in [4.78, 5) is 11.2. The number of hydrogen-bond donors (Lipinski definition) is 0. The largest absolute Gasteiger partial charge is 0.493 e. The number of ketones is 1. The fourth-order valence-corrected chi connectivity index (χ4v) is 1.52. The van der Waals surface area contributed by atoms with Crippen molar-refractivity contribution in [1.29, 1.82) is 5.26 Å². The van der Waals surface area contributed by atoms with E-state index in [0.29, 0.717) is 17.9 Å². The fraction of sp³-hybridized carbons (Fsp3) is 0.385. The summed E-state index contributed by atoms with van der Waals surface area (Å²) in [5.41, 5.74) is 0.879. The Labute approximate surface area is 101 Å². The van der Waals surface area contributed by atoms with Crippen molar-refractivity contribution in [3.63, 3.8) is 0 Å². The molecule has 0 amide bonds. The van der Waals surface area contributed by atoms with E-state index in [9.17, 15) is 4.79 Å². The summed E-state index contributed by atoms with van der Waals surface area (Å²) in [5.74, 6) is 0.508. The minimum atomic E-state index is -0.604. The van der Waals surface area contributed by atoms with Gasteiger partial charge in [-0.1, -0.05) is 6.07 Å². The van der Waals surface area contributed by atoms with E-state index in [2.05, 4.69) is 0 Å². The van der Waals surface area contributed by atoms with Crippen molar-refractivity contribution in [3.05, 3.63) is 23.8 Å². The molecule has 0 fully saturated rings. The maximum atomic E-state index is 11.2. The molecule has 0 aliphatic carbocycles. The number of benzene rings is 1. The molecule has 0 heterocycles. The molecule has 0 bridgehead atoms. The first-order chi connectivity index (χ1) is 8.12. The molecule has 1 aromatic carbocycles. The molecule has 0 aliphatic heterocycles. The molecular formula is C13H15NO3. The number of rotatable bonds is 5. The van der Waals surface area contributed by atoms with Crippen LogP contribution in [-0.4, -0.2) is 20.0 Å². The van der Waals surface area contributed by atoms with Gasteiger partial charge in [-0.25, -0.2) is 0 Å². The third kappa shape index (κ3) is 3.22. The molecule has 1 unspecified atom stereocenters. The van der Waals surface area contributed by atoms with E-state index in [-0.39, 0.29) is 5.78 Å². The van der Waals surface area contributed by atoms with Gasteiger partial charge in [0.1, 0.15) is 11.7 Å². The second-order valence-electron chi connectivity index (χ2n) is 3.69. The van der Waals surface area contributed by atoms with Crippen molar-refractivity contribution in [1.82, 2.24) is 0 Å². The maximum Gasteiger partial charge on any atom is 0.160 e. The van der Waals surface area contributed by atoms with Crippen LogP contribution in [0.1, 0.15) is 12.5 Å². The molecule has 17 heavy (non-hydrogen) atoms. The SMILES string of the molecule is COc1ccc(CC(C#N)C(C)=O)cc1OC. The van der Waals surface area contributed by atoms with Gasteiger partial charge < -0.3 is 9.47 Å². The standard InChI is InChI=1S/C13H15NO3/c1-9(15)11(8-14)6-10-4-5-12(16-2)13(7-10)17-3/h4-5,7,11H,6H2,1-3H3. The molecule has 1 rings (SSSR count). The van der Waals surface area contributed by atoms with E-state index in [1.165, 1.54) is 6.92 Å². The molecular weight excluding hydrogens is 218 g/mol. The minimum Gasteiger partial charge on any atom is -0.493 e. The third-order valence-electron chi connectivity index (χ3n) is 2.53. The van der Waals surface area contributed by atoms with Crippen molar-refractivity contribution in [2.75, 3.05) is 14.2 Å². The highest BCUT2D eigenvalue weighted by Gasteiger charge is 2.15. The second-order valence-corrected chi connectivity index (χ2v) is 3.69. The predicted octanol–water partition coefficient (Wildman–Crippen LogP) is 1.98. The summed E-state index contributed by atoms with van der Waals surface area (Å²) in [6.07, 6.45) is 0.395. The van der Waals surface area contributed by atoms with Crippen LogP contribution >= 0.6 is 0 Å². The van der Waals surface area contributed by atoms with Crippen LogP contribution in [0.4, 0.5) is 0 Å². The molecule has 4 heteroatoms. The molecule has 4 nitrogen and oxygen atoms in total. The van der Waals surface area contributed by atoms with E-state index < -0.39 is 5.92 Å². The Bertz CT molecular complexity index is 448. The van der Waals surface area contributed by atoms with Crippen LogP contribution in [0.25, 0.3) is 0 Å². The van der Waals surface area contributed by atoms with Crippen molar-refractivity contribution in [3.8, 4) is 17.6 Å². The maximum absolute atomic E-state index is 11.2. The molecule has 1 atom stereocenters. The van der Waals surface area contributed by atoms with Crippen LogP contribution in [0.2, 0.25) is 0 Å². The lowest BCUT2D eigenvalue weighted by molar-refractivity contribution is -0.119. The molecule has 0 saturated heterocycles. The Morgan fingerprint density at radius 2 is 2.00 bits per heavy atom.